The van der Waals surface area contributed by atoms with Crippen LogP contribution in [0.3, 0.4) is 0 Å². The fourth-order valence-electron chi connectivity index (χ4n) is 3.11. The summed E-state index contributed by atoms with van der Waals surface area (Å²) in [6.07, 6.45) is 8.82. The number of nitrogens with zero attached hydrogens (tertiary/aromatic N) is 1. The van der Waals surface area contributed by atoms with Crippen molar-refractivity contribution in [2.24, 2.45) is 11.7 Å². The molecule has 0 radical (unpaired) electrons. The first-order chi connectivity index (χ1) is 9.56. The maximum absolute atomic E-state index is 11.7. The highest BCUT2D eigenvalue weighted by molar-refractivity contribution is 5.80. The van der Waals surface area contributed by atoms with Gasteiger partial charge < -0.3 is 11.1 Å². The van der Waals surface area contributed by atoms with E-state index in [9.17, 15) is 4.79 Å². The molecule has 0 aromatic rings. The molecule has 2 aliphatic carbocycles. The Balaban J connectivity index is 1.90. The van der Waals surface area contributed by atoms with Crippen LogP contribution >= 0.6 is 0 Å². The second kappa shape index (κ2) is 7.41. The van der Waals surface area contributed by atoms with Crippen LogP contribution in [0.25, 0.3) is 0 Å². The molecule has 0 aromatic carbocycles. The third-order valence-corrected chi connectivity index (χ3v) is 4.61. The third-order valence-electron chi connectivity index (χ3n) is 4.61. The van der Waals surface area contributed by atoms with Gasteiger partial charge in [0.2, 0.25) is 5.91 Å². The van der Waals surface area contributed by atoms with Gasteiger partial charge in [-0.05, 0) is 44.6 Å². The minimum Gasteiger partial charge on any atom is -0.368 e. The summed E-state index contributed by atoms with van der Waals surface area (Å²) in [6.45, 7) is 6.42. The van der Waals surface area contributed by atoms with Gasteiger partial charge in [0, 0.05) is 18.6 Å². The quantitative estimate of drug-likeness (QED) is 0.678. The lowest BCUT2D eigenvalue weighted by molar-refractivity contribution is -0.120. The molecule has 1 unspecified atom stereocenters. The van der Waals surface area contributed by atoms with Crippen molar-refractivity contribution in [3.8, 4) is 0 Å². The first-order valence-electron chi connectivity index (χ1n) is 8.35. The van der Waals surface area contributed by atoms with Crippen LogP contribution in [0, 0.1) is 5.92 Å². The van der Waals surface area contributed by atoms with E-state index in [4.69, 9.17) is 5.73 Å². The number of amides is 1. The Morgan fingerprint density at radius 1 is 1.25 bits per heavy atom. The number of hydrogen-bond acceptors (Lipinski definition) is 3. The van der Waals surface area contributed by atoms with Crippen LogP contribution in [0.5, 0.6) is 0 Å². The molecule has 0 saturated heterocycles. The molecule has 3 N–H and O–H groups in total. The zero-order valence-corrected chi connectivity index (χ0v) is 13.1. The van der Waals surface area contributed by atoms with E-state index < -0.39 is 0 Å². The Morgan fingerprint density at radius 3 is 2.40 bits per heavy atom. The van der Waals surface area contributed by atoms with Gasteiger partial charge in [-0.3, -0.25) is 9.69 Å². The minimum atomic E-state index is -0.190. The molecule has 20 heavy (non-hydrogen) atoms. The molecule has 2 aliphatic rings. The van der Waals surface area contributed by atoms with E-state index >= 15 is 0 Å². The minimum absolute atomic E-state index is 0.171. The summed E-state index contributed by atoms with van der Waals surface area (Å²) in [5.74, 6) is 0.520. The number of carbonyl (C=O) groups is 1. The molecule has 0 bridgehead atoms. The van der Waals surface area contributed by atoms with Crippen molar-refractivity contribution >= 4 is 5.91 Å². The average molecular weight is 281 g/mol. The zero-order chi connectivity index (χ0) is 14.5. The molecule has 0 aromatic heterocycles. The Labute approximate surface area is 123 Å². The van der Waals surface area contributed by atoms with Crippen LogP contribution < -0.4 is 11.1 Å². The largest absolute Gasteiger partial charge is 0.368 e. The molecule has 0 heterocycles. The standard InChI is InChI=1S/C16H31N3O/c1-12(2)9-10-19(14-5-3-4-6-14)11-15(16(17)20)18-13-7-8-13/h12-15,18H,3-11H2,1-2H3,(H2,17,20). The molecule has 2 rings (SSSR count). The lowest BCUT2D eigenvalue weighted by Gasteiger charge is -2.32. The molecule has 1 atom stereocenters. The van der Waals surface area contributed by atoms with Gasteiger partial charge in [0.15, 0.2) is 0 Å². The van der Waals surface area contributed by atoms with Crippen molar-refractivity contribution in [3.05, 3.63) is 0 Å². The maximum Gasteiger partial charge on any atom is 0.235 e. The summed E-state index contributed by atoms with van der Waals surface area (Å²) >= 11 is 0. The number of primary amides is 1. The van der Waals surface area contributed by atoms with E-state index in [-0.39, 0.29) is 11.9 Å². The normalized spacial score (nSPS) is 21.8. The molecule has 2 saturated carbocycles. The first kappa shape index (κ1) is 15.8. The summed E-state index contributed by atoms with van der Waals surface area (Å²) in [5, 5.41) is 3.42. The summed E-state index contributed by atoms with van der Waals surface area (Å²) in [7, 11) is 0. The highest BCUT2D eigenvalue weighted by Gasteiger charge is 2.31. The van der Waals surface area contributed by atoms with Crippen molar-refractivity contribution < 1.29 is 4.79 Å². The predicted octanol–water partition coefficient (Wildman–Crippen LogP) is 1.88. The number of nitrogens with one attached hydrogen (secondary N) is 1. The van der Waals surface area contributed by atoms with Gasteiger partial charge in [-0.1, -0.05) is 26.7 Å². The molecular formula is C16H31N3O. The average Bonchev–Trinajstić information content (AvgIpc) is 3.03. The monoisotopic (exact) mass is 281 g/mol. The number of hydrogen-bond donors (Lipinski definition) is 2. The van der Waals surface area contributed by atoms with E-state index in [0.717, 1.165) is 13.1 Å². The fraction of sp³-hybridized carbons (Fsp3) is 0.938. The Bertz CT molecular complexity index is 309. The van der Waals surface area contributed by atoms with Crippen molar-refractivity contribution in [1.29, 1.82) is 0 Å². The second-order valence-electron chi connectivity index (χ2n) is 7.01. The van der Waals surface area contributed by atoms with E-state index in [1.165, 1.54) is 44.9 Å². The Morgan fingerprint density at radius 2 is 1.90 bits per heavy atom. The number of rotatable bonds is 9. The molecule has 0 spiro atoms. The molecule has 0 aliphatic heterocycles. The van der Waals surface area contributed by atoms with Crippen LogP contribution in [0.4, 0.5) is 0 Å². The van der Waals surface area contributed by atoms with Crippen LogP contribution in [0.15, 0.2) is 0 Å². The molecule has 116 valence electrons. The van der Waals surface area contributed by atoms with Crippen LogP contribution in [0.1, 0.15) is 58.8 Å². The molecule has 4 nitrogen and oxygen atoms in total. The first-order valence-corrected chi connectivity index (χ1v) is 8.35. The van der Waals surface area contributed by atoms with Gasteiger partial charge >= 0.3 is 0 Å². The molecule has 1 amide bonds. The van der Waals surface area contributed by atoms with Crippen LogP contribution in [-0.2, 0) is 4.79 Å². The van der Waals surface area contributed by atoms with E-state index in [0.29, 0.717) is 18.0 Å². The van der Waals surface area contributed by atoms with Crippen molar-refractivity contribution in [3.63, 3.8) is 0 Å². The van der Waals surface area contributed by atoms with Gasteiger partial charge in [-0.25, -0.2) is 0 Å². The van der Waals surface area contributed by atoms with Crippen molar-refractivity contribution in [2.75, 3.05) is 13.1 Å². The van der Waals surface area contributed by atoms with E-state index in [1.54, 1.807) is 0 Å². The van der Waals surface area contributed by atoms with Gasteiger partial charge in [0.05, 0.1) is 6.04 Å². The fourth-order valence-corrected chi connectivity index (χ4v) is 3.11. The molecular weight excluding hydrogens is 250 g/mol. The van der Waals surface area contributed by atoms with E-state index in [2.05, 4.69) is 24.1 Å². The topological polar surface area (TPSA) is 58.4 Å². The highest BCUT2D eigenvalue weighted by Crippen LogP contribution is 2.25. The van der Waals surface area contributed by atoms with E-state index in [1.807, 2.05) is 0 Å². The van der Waals surface area contributed by atoms with Gasteiger partial charge in [0.25, 0.3) is 0 Å². The van der Waals surface area contributed by atoms with Crippen molar-refractivity contribution in [2.45, 2.75) is 76.9 Å². The SMILES string of the molecule is CC(C)CCN(CC(NC1CC1)C(N)=O)C1CCCC1. The third kappa shape index (κ3) is 5.06. The molecule has 4 heteroatoms. The summed E-state index contributed by atoms with van der Waals surface area (Å²) in [4.78, 5) is 14.2. The molecule has 2 fully saturated rings. The zero-order valence-electron chi connectivity index (χ0n) is 13.1. The summed E-state index contributed by atoms with van der Waals surface area (Å²) < 4.78 is 0. The van der Waals surface area contributed by atoms with Gasteiger partial charge in [0.1, 0.15) is 0 Å². The van der Waals surface area contributed by atoms with Gasteiger partial charge in [-0.2, -0.15) is 0 Å². The number of nitrogens with two attached hydrogens (primary N) is 1. The highest BCUT2D eigenvalue weighted by atomic mass is 16.1. The Hall–Kier alpha value is -0.610. The maximum atomic E-state index is 11.7. The lowest BCUT2D eigenvalue weighted by atomic mass is 10.1. The smallest absolute Gasteiger partial charge is 0.235 e. The predicted molar refractivity (Wildman–Crippen MR) is 82.4 cm³/mol. The summed E-state index contributed by atoms with van der Waals surface area (Å²) in [6, 6.07) is 1.02. The second-order valence-corrected chi connectivity index (χ2v) is 7.01. The van der Waals surface area contributed by atoms with Crippen LogP contribution in [0.2, 0.25) is 0 Å². The van der Waals surface area contributed by atoms with Gasteiger partial charge in [-0.15, -0.1) is 0 Å². The van der Waals surface area contributed by atoms with Crippen LogP contribution in [-0.4, -0.2) is 42.0 Å². The van der Waals surface area contributed by atoms with Crippen molar-refractivity contribution in [1.82, 2.24) is 10.2 Å². The number of carbonyl (C=O) groups excluding carboxylic acids is 1. The summed E-state index contributed by atoms with van der Waals surface area (Å²) in [5.41, 5.74) is 5.59. The lowest BCUT2D eigenvalue weighted by Crippen LogP contribution is -2.52. The Kier molecular flexibility index (Phi) is 5.85.